The van der Waals surface area contributed by atoms with E-state index in [1.807, 2.05) is 24.3 Å². The first kappa shape index (κ1) is 14.0. The molecule has 0 fully saturated rings. The third-order valence-electron chi connectivity index (χ3n) is 2.55. The number of hydrogen-bond acceptors (Lipinski definition) is 2. The molecule has 0 unspecified atom stereocenters. The van der Waals surface area contributed by atoms with E-state index in [4.69, 9.17) is 4.74 Å². The highest BCUT2D eigenvalue weighted by atomic mass is 79.9. The van der Waals surface area contributed by atoms with E-state index in [0.717, 1.165) is 17.3 Å². The molecule has 3 nitrogen and oxygen atoms in total. The second-order valence-electron chi connectivity index (χ2n) is 3.80. The molecule has 0 saturated carbocycles. The predicted molar refractivity (Wildman–Crippen MR) is 72.1 cm³/mol. The van der Waals surface area contributed by atoms with Crippen LogP contribution in [0.4, 0.5) is 0 Å². The molecule has 1 aromatic carbocycles. The minimum absolute atomic E-state index is 0.0547. The number of hydrogen-bond donors (Lipinski definition) is 1. The van der Waals surface area contributed by atoms with Crippen LogP contribution in [0.1, 0.15) is 26.7 Å². The van der Waals surface area contributed by atoms with Crippen molar-refractivity contribution in [2.75, 3.05) is 6.61 Å². The monoisotopic (exact) mass is 299 g/mol. The maximum atomic E-state index is 11.6. The van der Waals surface area contributed by atoms with Crippen molar-refractivity contribution in [1.82, 2.24) is 5.32 Å². The summed E-state index contributed by atoms with van der Waals surface area (Å²) in [7, 11) is 0. The lowest BCUT2D eigenvalue weighted by Gasteiger charge is -2.15. The molecule has 0 heterocycles. The number of para-hydroxylation sites is 1. The van der Waals surface area contributed by atoms with Crippen molar-refractivity contribution < 1.29 is 9.53 Å². The Morgan fingerprint density at radius 2 is 2.00 bits per heavy atom. The van der Waals surface area contributed by atoms with Crippen LogP contribution in [0.5, 0.6) is 5.75 Å². The van der Waals surface area contributed by atoms with E-state index in [1.54, 1.807) is 0 Å². The van der Waals surface area contributed by atoms with Gasteiger partial charge in [0.25, 0.3) is 5.91 Å². The third-order valence-corrected chi connectivity index (χ3v) is 3.20. The summed E-state index contributed by atoms with van der Waals surface area (Å²) in [6.07, 6.45) is 1.88. The summed E-state index contributed by atoms with van der Waals surface area (Å²) in [5.74, 6) is 0.613. The summed E-state index contributed by atoms with van der Waals surface area (Å²) in [6.45, 7) is 4.17. The average molecular weight is 300 g/mol. The normalized spacial score (nSPS) is 10.4. The average Bonchev–Trinajstić information content (AvgIpc) is 2.35. The van der Waals surface area contributed by atoms with Gasteiger partial charge in [0.1, 0.15) is 5.75 Å². The van der Waals surface area contributed by atoms with E-state index in [2.05, 4.69) is 35.1 Å². The Labute approximate surface area is 111 Å². The first-order valence-corrected chi connectivity index (χ1v) is 6.63. The largest absolute Gasteiger partial charge is 0.483 e. The zero-order chi connectivity index (χ0) is 12.7. The van der Waals surface area contributed by atoms with Crippen LogP contribution in [0, 0.1) is 0 Å². The zero-order valence-corrected chi connectivity index (χ0v) is 11.8. The highest BCUT2D eigenvalue weighted by Gasteiger charge is 2.09. The number of carbonyl (C=O) groups excluding carboxylic acids is 1. The number of benzene rings is 1. The van der Waals surface area contributed by atoms with Gasteiger partial charge in [-0.1, -0.05) is 26.0 Å². The van der Waals surface area contributed by atoms with Gasteiger partial charge in [0, 0.05) is 6.04 Å². The lowest BCUT2D eigenvalue weighted by Crippen LogP contribution is -2.37. The molecule has 0 aliphatic rings. The summed E-state index contributed by atoms with van der Waals surface area (Å²) in [6, 6.07) is 7.73. The second-order valence-corrected chi connectivity index (χ2v) is 4.65. The molecule has 0 aliphatic heterocycles. The van der Waals surface area contributed by atoms with Crippen LogP contribution in [0.2, 0.25) is 0 Å². The van der Waals surface area contributed by atoms with Gasteiger partial charge in [0.2, 0.25) is 0 Å². The maximum Gasteiger partial charge on any atom is 0.258 e. The van der Waals surface area contributed by atoms with Crippen molar-refractivity contribution in [1.29, 1.82) is 0 Å². The Bertz CT molecular complexity index is 364. The summed E-state index contributed by atoms with van der Waals surface area (Å²) in [5, 5.41) is 2.93. The fourth-order valence-electron chi connectivity index (χ4n) is 1.47. The quantitative estimate of drug-likeness (QED) is 0.876. The van der Waals surface area contributed by atoms with E-state index in [1.165, 1.54) is 0 Å². The third kappa shape index (κ3) is 4.77. The van der Waals surface area contributed by atoms with E-state index in [-0.39, 0.29) is 18.6 Å². The molecular weight excluding hydrogens is 282 g/mol. The van der Waals surface area contributed by atoms with E-state index >= 15 is 0 Å². The Balaban J connectivity index is 2.41. The number of amides is 1. The van der Waals surface area contributed by atoms with Crippen LogP contribution in [-0.2, 0) is 4.79 Å². The van der Waals surface area contributed by atoms with Crippen LogP contribution in [0.15, 0.2) is 28.7 Å². The van der Waals surface area contributed by atoms with Crippen LogP contribution < -0.4 is 10.1 Å². The predicted octanol–water partition coefficient (Wildman–Crippen LogP) is 3.13. The Morgan fingerprint density at radius 3 is 2.59 bits per heavy atom. The van der Waals surface area contributed by atoms with Crippen molar-refractivity contribution in [3.05, 3.63) is 28.7 Å². The van der Waals surface area contributed by atoms with Crippen LogP contribution >= 0.6 is 15.9 Å². The topological polar surface area (TPSA) is 38.3 Å². The molecule has 1 aromatic rings. The number of ether oxygens (including phenoxy) is 1. The van der Waals surface area contributed by atoms with E-state index in [9.17, 15) is 4.79 Å². The summed E-state index contributed by atoms with van der Waals surface area (Å²) in [4.78, 5) is 11.6. The van der Waals surface area contributed by atoms with Crippen molar-refractivity contribution in [2.45, 2.75) is 32.7 Å². The second kappa shape index (κ2) is 7.33. The standard InChI is InChI=1S/C13H18BrNO2/c1-3-10(4-2)15-13(16)9-17-12-8-6-5-7-11(12)14/h5-8,10H,3-4,9H2,1-2H3,(H,15,16). The van der Waals surface area contributed by atoms with Gasteiger partial charge in [-0.3, -0.25) is 4.79 Å². The van der Waals surface area contributed by atoms with Gasteiger partial charge in [-0.25, -0.2) is 0 Å². The van der Waals surface area contributed by atoms with Gasteiger partial charge in [-0.2, -0.15) is 0 Å². The van der Waals surface area contributed by atoms with Crippen LogP contribution in [0.25, 0.3) is 0 Å². The molecule has 0 saturated heterocycles. The fourth-order valence-corrected chi connectivity index (χ4v) is 1.87. The molecule has 0 spiro atoms. The molecule has 17 heavy (non-hydrogen) atoms. The van der Waals surface area contributed by atoms with Crippen molar-refractivity contribution in [3.8, 4) is 5.75 Å². The minimum Gasteiger partial charge on any atom is -0.483 e. The van der Waals surface area contributed by atoms with Gasteiger partial charge in [-0.05, 0) is 40.9 Å². The van der Waals surface area contributed by atoms with Gasteiger partial charge in [0.05, 0.1) is 4.47 Å². The number of carbonyl (C=O) groups is 1. The minimum atomic E-state index is -0.0746. The summed E-state index contributed by atoms with van der Waals surface area (Å²) in [5.41, 5.74) is 0. The van der Waals surface area contributed by atoms with Crippen molar-refractivity contribution in [2.24, 2.45) is 0 Å². The maximum absolute atomic E-state index is 11.6. The molecule has 1 N–H and O–H groups in total. The molecule has 94 valence electrons. The first-order valence-electron chi connectivity index (χ1n) is 5.84. The molecule has 0 atom stereocenters. The van der Waals surface area contributed by atoms with E-state index < -0.39 is 0 Å². The van der Waals surface area contributed by atoms with Gasteiger partial charge < -0.3 is 10.1 Å². The highest BCUT2D eigenvalue weighted by Crippen LogP contribution is 2.23. The zero-order valence-electron chi connectivity index (χ0n) is 10.2. The molecule has 0 bridgehead atoms. The smallest absolute Gasteiger partial charge is 0.258 e. The summed E-state index contributed by atoms with van der Waals surface area (Å²) >= 11 is 3.37. The molecule has 1 rings (SSSR count). The lowest BCUT2D eigenvalue weighted by molar-refractivity contribution is -0.123. The van der Waals surface area contributed by atoms with Gasteiger partial charge in [0.15, 0.2) is 6.61 Å². The van der Waals surface area contributed by atoms with Crippen LogP contribution in [-0.4, -0.2) is 18.6 Å². The van der Waals surface area contributed by atoms with Gasteiger partial charge in [-0.15, -0.1) is 0 Å². The van der Waals surface area contributed by atoms with E-state index in [0.29, 0.717) is 5.75 Å². The van der Waals surface area contributed by atoms with Gasteiger partial charge >= 0.3 is 0 Å². The number of halogens is 1. The first-order chi connectivity index (χ1) is 8.17. The molecule has 1 amide bonds. The van der Waals surface area contributed by atoms with Crippen molar-refractivity contribution in [3.63, 3.8) is 0 Å². The number of nitrogens with one attached hydrogen (secondary N) is 1. The summed E-state index contributed by atoms with van der Waals surface area (Å²) < 4.78 is 6.29. The van der Waals surface area contributed by atoms with Crippen molar-refractivity contribution >= 4 is 21.8 Å². The number of rotatable bonds is 6. The lowest BCUT2D eigenvalue weighted by atomic mass is 10.2. The fraction of sp³-hybridized carbons (Fsp3) is 0.462. The Morgan fingerprint density at radius 1 is 1.35 bits per heavy atom. The molecule has 0 aliphatic carbocycles. The molecule has 0 radical (unpaired) electrons. The molecular formula is C13H18BrNO2. The Kier molecular flexibility index (Phi) is 6.05. The SMILES string of the molecule is CCC(CC)NC(=O)COc1ccccc1Br. The Hall–Kier alpha value is -1.03. The highest BCUT2D eigenvalue weighted by molar-refractivity contribution is 9.10. The molecule has 0 aromatic heterocycles. The molecule has 4 heteroatoms. The van der Waals surface area contributed by atoms with Crippen LogP contribution in [0.3, 0.4) is 0 Å².